The molecule has 0 unspecified atom stereocenters. The topological polar surface area (TPSA) is 112 Å². The Kier molecular flexibility index (Phi) is 7.14. The van der Waals surface area contributed by atoms with Crippen LogP contribution in [-0.4, -0.2) is 47.3 Å². The van der Waals surface area contributed by atoms with E-state index in [2.05, 4.69) is 15.7 Å². The number of nitrogens with zero attached hydrogens (tertiary/aromatic N) is 2. The summed E-state index contributed by atoms with van der Waals surface area (Å²) in [5, 5.41) is 9.23. The van der Waals surface area contributed by atoms with E-state index in [1.165, 1.54) is 14.0 Å². The van der Waals surface area contributed by atoms with Gasteiger partial charge in [-0.25, -0.2) is 4.68 Å². The Morgan fingerprint density at radius 2 is 1.93 bits per heavy atom. The first-order valence-electron chi connectivity index (χ1n) is 8.78. The molecular formula is C19H24N4O5. The fourth-order valence-corrected chi connectivity index (χ4v) is 2.36. The van der Waals surface area contributed by atoms with Crippen molar-refractivity contribution in [2.75, 3.05) is 19.0 Å². The van der Waals surface area contributed by atoms with Crippen LogP contribution in [-0.2, 0) is 14.3 Å². The van der Waals surface area contributed by atoms with Gasteiger partial charge in [0.05, 0.1) is 13.3 Å². The number of nitrogens with one attached hydrogen (secondary N) is 2. The fraction of sp³-hybridized carbons (Fsp3) is 0.368. The maximum absolute atomic E-state index is 12.2. The number of amides is 2. The normalized spacial score (nSPS) is 11.6. The number of hydrogen-bond acceptors (Lipinski definition) is 6. The van der Waals surface area contributed by atoms with E-state index in [4.69, 9.17) is 9.47 Å². The van der Waals surface area contributed by atoms with Crippen LogP contribution >= 0.6 is 0 Å². The van der Waals surface area contributed by atoms with Gasteiger partial charge in [0.25, 0.3) is 11.8 Å². The molecule has 0 aliphatic rings. The van der Waals surface area contributed by atoms with Gasteiger partial charge in [0.15, 0.2) is 6.10 Å². The molecule has 2 rings (SSSR count). The van der Waals surface area contributed by atoms with Crippen molar-refractivity contribution >= 4 is 23.6 Å². The number of benzene rings is 1. The molecule has 2 amide bonds. The molecule has 0 bridgehead atoms. The first kappa shape index (κ1) is 20.9. The molecule has 1 aromatic carbocycles. The third kappa shape index (κ3) is 5.57. The maximum Gasteiger partial charge on any atom is 0.326 e. The monoisotopic (exact) mass is 388 g/mol. The first-order valence-corrected chi connectivity index (χ1v) is 8.78. The highest BCUT2D eigenvalue weighted by atomic mass is 16.5. The highest BCUT2D eigenvalue weighted by Crippen LogP contribution is 2.14. The summed E-state index contributed by atoms with van der Waals surface area (Å²) in [5.74, 6) is -0.629. The molecule has 0 aliphatic carbocycles. The molecule has 9 nitrogen and oxygen atoms in total. The number of hydrogen-bond donors (Lipinski definition) is 2. The highest BCUT2D eigenvalue weighted by molar-refractivity contribution is 5.97. The van der Waals surface area contributed by atoms with Crippen LogP contribution in [0.5, 0.6) is 5.75 Å². The zero-order valence-electron chi connectivity index (χ0n) is 16.3. The van der Waals surface area contributed by atoms with Gasteiger partial charge in [-0.1, -0.05) is 6.07 Å². The molecule has 0 saturated heterocycles. The van der Waals surface area contributed by atoms with Crippen molar-refractivity contribution in [2.45, 2.75) is 32.9 Å². The van der Waals surface area contributed by atoms with Crippen LogP contribution in [0.3, 0.4) is 0 Å². The van der Waals surface area contributed by atoms with Gasteiger partial charge in [-0.2, -0.15) is 5.10 Å². The quantitative estimate of drug-likeness (QED) is 0.667. The number of aromatic nitrogens is 2. The van der Waals surface area contributed by atoms with E-state index >= 15 is 0 Å². The Balaban J connectivity index is 1.83. The Morgan fingerprint density at radius 3 is 2.61 bits per heavy atom. The summed E-state index contributed by atoms with van der Waals surface area (Å²) < 4.78 is 11.8. The predicted octanol–water partition coefficient (Wildman–Crippen LogP) is 1.77. The average molecular weight is 388 g/mol. The second kappa shape index (κ2) is 9.54. The number of rotatable bonds is 8. The molecular weight excluding hydrogens is 364 g/mol. The lowest BCUT2D eigenvalue weighted by atomic mass is 10.2. The van der Waals surface area contributed by atoms with Crippen molar-refractivity contribution in [1.82, 2.24) is 15.1 Å². The minimum atomic E-state index is -1.03. The minimum Gasteiger partial charge on any atom is -0.497 e. The Hall–Kier alpha value is -3.36. The number of ether oxygens (including phenoxy) is 2. The van der Waals surface area contributed by atoms with Gasteiger partial charge in [0.1, 0.15) is 18.1 Å². The summed E-state index contributed by atoms with van der Waals surface area (Å²) in [7, 11) is 1.49. The van der Waals surface area contributed by atoms with Crippen LogP contribution in [0.2, 0.25) is 0 Å². The van der Waals surface area contributed by atoms with Crippen molar-refractivity contribution in [3.05, 3.63) is 42.1 Å². The Morgan fingerprint density at radius 1 is 1.18 bits per heavy atom. The molecule has 0 saturated carbocycles. The molecule has 0 radical (unpaired) electrons. The average Bonchev–Trinajstić information content (AvgIpc) is 3.14. The first-order chi connectivity index (χ1) is 13.3. The lowest BCUT2D eigenvalue weighted by Crippen LogP contribution is -2.36. The molecule has 0 spiro atoms. The number of carbonyl (C=O) groups excluding carboxylic acids is 3. The number of esters is 1. The van der Waals surface area contributed by atoms with Gasteiger partial charge >= 0.3 is 5.97 Å². The lowest BCUT2D eigenvalue weighted by Gasteiger charge is -2.16. The molecule has 0 aliphatic heterocycles. The molecule has 1 heterocycles. The van der Waals surface area contributed by atoms with Crippen LogP contribution in [0.4, 0.5) is 5.82 Å². The third-order valence-corrected chi connectivity index (χ3v) is 3.81. The second-order valence-electron chi connectivity index (χ2n) is 6.29. The van der Waals surface area contributed by atoms with E-state index in [1.807, 2.05) is 13.8 Å². The molecule has 9 heteroatoms. The molecule has 0 fully saturated rings. The number of carbonyl (C=O) groups is 3. The van der Waals surface area contributed by atoms with E-state index < -0.39 is 23.9 Å². The summed E-state index contributed by atoms with van der Waals surface area (Å²) in [4.78, 5) is 36.2. The molecule has 2 N–H and O–H groups in total. The molecule has 1 aromatic heterocycles. The van der Waals surface area contributed by atoms with E-state index in [0.717, 1.165) is 0 Å². The van der Waals surface area contributed by atoms with E-state index in [-0.39, 0.29) is 12.6 Å². The standard InChI is InChI=1S/C19H24N4O5/c1-12(2)23-16(8-9-21-23)22-18(25)13(3)28-17(24)11-20-19(26)14-6-5-7-15(10-14)27-4/h5-10,12-13H,11H2,1-4H3,(H,20,26)(H,22,25)/t13-/m0/s1. The highest BCUT2D eigenvalue weighted by Gasteiger charge is 2.20. The van der Waals surface area contributed by atoms with Crippen LogP contribution in [0, 0.1) is 0 Å². The van der Waals surface area contributed by atoms with Crippen molar-refractivity contribution in [3.8, 4) is 5.75 Å². The van der Waals surface area contributed by atoms with E-state index in [9.17, 15) is 14.4 Å². The SMILES string of the molecule is COc1cccc(C(=O)NCC(=O)O[C@@H](C)C(=O)Nc2ccnn2C(C)C)c1. The molecule has 28 heavy (non-hydrogen) atoms. The minimum absolute atomic E-state index is 0.0648. The third-order valence-electron chi connectivity index (χ3n) is 3.81. The predicted molar refractivity (Wildman–Crippen MR) is 102 cm³/mol. The van der Waals surface area contributed by atoms with Gasteiger partial charge in [-0.05, 0) is 39.0 Å². The zero-order valence-corrected chi connectivity index (χ0v) is 16.3. The van der Waals surface area contributed by atoms with Crippen LogP contribution in [0.1, 0.15) is 37.2 Å². The smallest absolute Gasteiger partial charge is 0.326 e. The van der Waals surface area contributed by atoms with Crippen molar-refractivity contribution in [3.63, 3.8) is 0 Å². The fourth-order valence-electron chi connectivity index (χ4n) is 2.36. The molecule has 2 aromatic rings. The summed E-state index contributed by atoms with van der Waals surface area (Å²) in [6.45, 7) is 4.94. The van der Waals surface area contributed by atoms with Crippen LogP contribution in [0.15, 0.2) is 36.5 Å². The van der Waals surface area contributed by atoms with Gasteiger partial charge in [-0.15, -0.1) is 0 Å². The lowest BCUT2D eigenvalue weighted by molar-refractivity contribution is -0.152. The van der Waals surface area contributed by atoms with Gasteiger partial charge in [0, 0.05) is 17.7 Å². The summed E-state index contributed by atoms with van der Waals surface area (Å²) >= 11 is 0. The summed E-state index contributed by atoms with van der Waals surface area (Å²) in [6.07, 6.45) is 0.539. The molecule has 150 valence electrons. The van der Waals surface area contributed by atoms with Gasteiger partial charge in [0.2, 0.25) is 0 Å². The maximum atomic E-state index is 12.2. The van der Waals surface area contributed by atoms with Crippen molar-refractivity contribution in [1.29, 1.82) is 0 Å². The van der Waals surface area contributed by atoms with Crippen molar-refractivity contribution < 1.29 is 23.9 Å². The van der Waals surface area contributed by atoms with Crippen molar-refractivity contribution in [2.24, 2.45) is 0 Å². The summed E-state index contributed by atoms with van der Waals surface area (Å²) in [6, 6.07) is 8.23. The number of methoxy groups -OCH3 is 1. The Labute approximate surface area is 163 Å². The van der Waals surface area contributed by atoms with Crippen LogP contribution in [0.25, 0.3) is 0 Å². The second-order valence-corrected chi connectivity index (χ2v) is 6.29. The van der Waals surface area contributed by atoms with E-state index in [1.54, 1.807) is 41.2 Å². The number of anilines is 1. The zero-order chi connectivity index (χ0) is 20.7. The van der Waals surface area contributed by atoms with Crippen LogP contribution < -0.4 is 15.4 Å². The van der Waals surface area contributed by atoms with Gasteiger partial charge in [-0.3, -0.25) is 14.4 Å². The molecule has 1 atom stereocenters. The van der Waals surface area contributed by atoms with Gasteiger partial charge < -0.3 is 20.1 Å². The largest absolute Gasteiger partial charge is 0.497 e. The Bertz CT molecular complexity index is 846. The summed E-state index contributed by atoms with van der Waals surface area (Å²) in [5.41, 5.74) is 0.347. The van der Waals surface area contributed by atoms with E-state index in [0.29, 0.717) is 17.1 Å².